The molecule has 0 saturated heterocycles. The standard InChI is InChI=1S/C15H25NOS/c1-3-11-16-14(13-8-7-12-18-13)15(17-4-2)9-5-6-10-15/h7-8,12,14,16H,3-6,9-11H2,1-2H3. The number of hydrogen-bond acceptors (Lipinski definition) is 3. The molecule has 1 fully saturated rings. The summed E-state index contributed by atoms with van der Waals surface area (Å²) in [6.45, 7) is 6.22. The van der Waals surface area contributed by atoms with Crippen molar-refractivity contribution in [3.63, 3.8) is 0 Å². The van der Waals surface area contributed by atoms with Gasteiger partial charge in [0.2, 0.25) is 0 Å². The van der Waals surface area contributed by atoms with Gasteiger partial charge < -0.3 is 10.1 Å². The highest BCUT2D eigenvalue weighted by molar-refractivity contribution is 7.10. The van der Waals surface area contributed by atoms with E-state index in [0.717, 1.165) is 13.2 Å². The lowest BCUT2D eigenvalue weighted by atomic mass is 9.90. The summed E-state index contributed by atoms with van der Waals surface area (Å²) in [5.41, 5.74) is 0.0365. The Morgan fingerprint density at radius 2 is 2.17 bits per heavy atom. The van der Waals surface area contributed by atoms with Crippen molar-refractivity contribution in [3.8, 4) is 0 Å². The third-order valence-corrected chi connectivity index (χ3v) is 4.77. The molecule has 1 unspecified atom stereocenters. The van der Waals surface area contributed by atoms with Gasteiger partial charge >= 0.3 is 0 Å². The molecule has 102 valence electrons. The minimum Gasteiger partial charge on any atom is -0.373 e. The number of nitrogens with one attached hydrogen (secondary N) is 1. The highest BCUT2D eigenvalue weighted by atomic mass is 32.1. The van der Waals surface area contributed by atoms with Crippen molar-refractivity contribution in [2.24, 2.45) is 0 Å². The van der Waals surface area contributed by atoms with Gasteiger partial charge in [-0.25, -0.2) is 0 Å². The molecule has 0 aromatic carbocycles. The van der Waals surface area contributed by atoms with Crippen molar-refractivity contribution in [3.05, 3.63) is 22.4 Å². The molecule has 2 rings (SSSR count). The molecule has 1 heterocycles. The molecule has 1 N–H and O–H groups in total. The Labute approximate surface area is 115 Å². The molecule has 0 amide bonds. The molecule has 18 heavy (non-hydrogen) atoms. The molecule has 0 aliphatic heterocycles. The highest BCUT2D eigenvalue weighted by Crippen LogP contribution is 2.44. The summed E-state index contributed by atoms with van der Waals surface area (Å²) in [5, 5.41) is 5.90. The second-order valence-electron chi connectivity index (χ2n) is 5.11. The van der Waals surface area contributed by atoms with Crippen LogP contribution in [0, 0.1) is 0 Å². The normalized spacial score (nSPS) is 20.1. The first-order valence-corrected chi connectivity index (χ1v) is 8.11. The Bertz CT molecular complexity index is 330. The van der Waals surface area contributed by atoms with Crippen LogP contribution in [0.25, 0.3) is 0 Å². The van der Waals surface area contributed by atoms with Crippen molar-refractivity contribution in [1.29, 1.82) is 0 Å². The van der Waals surface area contributed by atoms with Gasteiger partial charge in [-0.2, -0.15) is 0 Å². The lowest BCUT2D eigenvalue weighted by molar-refractivity contribution is -0.0617. The minimum atomic E-state index is 0.0365. The van der Waals surface area contributed by atoms with E-state index < -0.39 is 0 Å². The molecule has 1 atom stereocenters. The smallest absolute Gasteiger partial charge is 0.0884 e. The second kappa shape index (κ2) is 6.69. The molecule has 1 saturated carbocycles. The van der Waals surface area contributed by atoms with E-state index in [1.807, 2.05) is 11.3 Å². The number of hydrogen-bond donors (Lipinski definition) is 1. The van der Waals surface area contributed by atoms with Crippen molar-refractivity contribution in [2.45, 2.75) is 57.6 Å². The molecule has 0 spiro atoms. The summed E-state index contributed by atoms with van der Waals surface area (Å²) in [6, 6.07) is 4.77. The van der Waals surface area contributed by atoms with Gasteiger partial charge in [-0.15, -0.1) is 11.3 Å². The first-order valence-electron chi connectivity index (χ1n) is 7.23. The van der Waals surface area contributed by atoms with E-state index in [-0.39, 0.29) is 5.60 Å². The van der Waals surface area contributed by atoms with Crippen LogP contribution in [0.1, 0.15) is 56.9 Å². The molecule has 1 aromatic rings. The molecule has 0 radical (unpaired) electrons. The SMILES string of the molecule is CCCNC(c1cccs1)C1(OCC)CCCC1. The zero-order valence-electron chi connectivity index (χ0n) is 11.6. The van der Waals surface area contributed by atoms with E-state index in [1.165, 1.54) is 37.0 Å². The van der Waals surface area contributed by atoms with Gasteiger partial charge in [-0.05, 0) is 44.2 Å². The maximum Gasteiger partial charge on any atom is 0.0884 e. The van der Waals surface area contributed by atoms with Gasteiger partial charge in [0.15, 0.2) is 0 Å². The summed E-state index contributed by atoms with van der Waals surface area (Å²) in [6.07, 6.45) is 6.16. The van der Waals surface area contributed by atoms with Crippen LogP contribution in [0.15, 0.2) is 17.5 Å². The predicted molar refractivity (Wildman–Crippen MR) is 78.2 cm³/mol. The van der Waals surface area contributed by atoms with Crippen LogP contribution in [0.4, 0.5) is 0 Å². The molecule has 1 aromatic heterocycles. The quantitative estimate of drug-likeness (QED) is 0.801. The lowest BCUT2D eigenvalue weighted by Gasteiger charge is -2.37. The van der Waals surface area contributed by atoms with Crippen LogP contribution in [0.5, 0.6) is 0 Å². The van der Waals surface area contributed by atoms with Crippen LogP contribution < -0.4 is 5.32 Å². The Morgan fingerprint density at radius 1 is 1.39 bits per heavy atom. The van der Waals surface area contributed by atoms with Gasteiger partial charge in [0.25, 0.3) is 0 Å². The summed E-state index contributed by atoms with van der Waals surface area (Å²) in [5.74, 6) is 0. The highest BCUT2D eigenvalue weighted by Gasteiger charge is 2.43. The van der Waals surface area contributed by atoms with Crippen molar-refractivity contribution in [1.82, 2.24) is 5.32 Å². The third-order valence-electron chi connectivity index (χ3n) is 3.83. The van der Waals surface area contributed by atoms with Gasteiger partial charge in [0, 0.05) is 11.5 Å². The average molecular weight is 267 g/mol. The van der Waals surface area contributed by atoms with Gasteiger partial charge in [-0.1, -0.05) is 25.8 Å². The fourth-order valence-electron chi connectivity index (χ4n) is 3.07. The molecule has 0 bridgehead atoms. The van der Waals surface area contributed by atoms with E-state index in [4.69, 9.17) is 4.74 Å². The van der Waals surface area contributed by atoms with Crippen LogP contribution in [0.3, 0.4) is 0 Å². The number of rotatable bonds is 7. The van der Waals surface area contributed by atoms with Crippen molar-refractivity contribution in [2.75, 3.05) is 13.2 Å². The Morgan fingerprint density at radius 3 is 2.72 bits per heavy atom. The Hall–Kier alpha value is -0.380. The number of ether oxygens (including phenoxy) is 1. The summed E-state index contributed by atoms with van der Waals surface area (Å²) < 4.78 is 6.22. The van der Waals surface area contributed by atoms with Gasteiger partial charge in [0.1, 0.15) is 0 Å². The van der Waals surface area contributed by atoms with Crippen molar-refractivity contribution < 1.29 is 4.74 Å². The average Bonchev–Trinajstić information content (AvgIpc) is 3.02. The topological polar surface area (TPSA) is 21.3 Å². The van der Waals surface area contributed by atoms with Crippen LogP contribution in [0.2, 0.25) is 0 Å². The third kappa shape index (κ3) is 2.95. The maximum atomic E-state index is 6.22. The van der Waals surface area contributed by atoms with E-state index in [2.05, 4.69) is 36.7 Å². The Kier molecular flexibility index (Phi) is 5.22. The van der Waals surface area contributed by atoms with Gasteiger partial charge in [0.05, 0.1) is 11.6 Å². The van der Waals surface area contributed by atoms with E-state index in [0.29, 0.717) is 6.04 Å². The summed E-state index contributed by atoms with van der Waals surface area (Å²) >= 11 is 1.85. The summed E-state index contributed by atoms with van der Waals surface area (Å²) in [4.78, 5) is 1.43. The lowest BCUT2D eigenvalue weighted by Crippen LogP contribution is -2.44. The maximum absolute atomic E-state index is 6.22. The first-order chi connectivity index (χ1) is 8.82. The number of thiophene rings is 1. The predicted octanol–water partition coefficient (Wildman–Crippen LogP) is 4.14. The zero-order chi connectivity index (χ0) is 12.8. The fourth-order valence-corrected chi connectivity index (χ4v) is 3.97. The van der Waals surface area contributed by atoms with E-state index in [9.17, 15) is 0 Å². The van der Waals surface area contributed by atoms with Crippen LogP contribution in [-0.4, -0.2) is 18.8 Å². The van der Waals surface area contributed by atoms with Crippen LogP contribution >= 0.6 is 11.3 Å². The van der Waals surface area contributed by atoms with Crippen molar-refractivity contribution >= 4 is 11.3 Å². The largest absolute Gasteiger partial charge is 0.373 e. The second-order valence-corrected chi connectivity index (χ2v) is 6.09. The Balaban J connectivity index is 2.20. The van der Waals surface area contributed by atoms with Crippen LogP contribution in [-0.2, 0) is 4.74 Å². The zero-order valence-corrected chi connectivity index (χ0v) is 12.4. The molecule has 1 aliphatic rings. The van der Waals surface area contributed by atoms with E-state index in [1.54, 1.807) is 0 Å². The fraction of sp³-hybridized carbons (Fsp3) is 0.733. The molecule has 2 nitrogen and oxygen atoms in total. The monoisotopic (exact) mass is 267 g/mol. The first kappa shape index (κ1) is 14.0. The molecule has 1 aliphatic carbocycles. The van der Waals surface area contributed by atoms with Gasteiger partial charge in [-0.3, -0.25) is 0 Å². The summed E-state index contributed by atoms with van der Waals surface area (Å²) in [7, 11) is 0. The molecule has 3 heteroatoms. The molecular weight excluding hydrogens is 242 g/mol. The van der Waals surface area contributed by atoms with E-state index >= 15 is 0 Å². The molecular formula is C15H25NOS. The minimum absolute atomic E-state index is 0.0365.